The van der Waals surface area contributed by atoms with Gasteiger partial charge in [0.15, 0.2) is 0 Å². The third kappa shape index (κ3) is 5.48. The minimum atomic E-state index is -0.200. The molecule has 1 aliphatic carbocycles. The Kier molecular flexibility index (Phi) is 7.98. The number of allylic oxidation sites excluding steroid dienone is 1. The molecule has 176 valence electrons. The van der Waals surface area contributed by atoms with Gasteiger partial charge in [-0.15, -0.1) is 12.4 Å². The van der Waals surface area contributed by atoms with E-state index >= 15 is 0 Å². The van der Waals surface area contributed by atoms with E-state index in [4.69, 9.17) is 0 Å². The second-order valence-corrected chi connectivity index (χ2v) is 9.21. The summed E-state index contributed by atoms with van der Waals surface area (Å²) in [5.74, 6) is -0.232. The number of nitrogens with one attached hydrogen (secondary N) is 2. The van der Waals surface area contributed by atoms with Crippen molar-refractivity contribution >= 4 is 29.2 Å². The molecule has 1 saturated carbocycles. The van der Waals surface area contributed by atoms with Gasteiger partial charge in [-0.1, -0.05) is 35.9 Å². The molecule has 1 atom stereocenters. The van der Waals surface area contributed by atoms with Crippen molar-refractivity contribution in [1.29, 1.82) is 0 Å². The minimum Gasteiger partial charge on any atom is -0.361 e. The Morgan fingerprint density at radius 3 is 2.61 bits per heavy atom. The highest BCUT2D eigenvalue weighted by Gasteiger charge is 2.37. The number of fused-ring (bicyclic) bond motifs is 1. The van der Waals surface area contributed by atoms with Crippen molar-refractivity contribution < 1.29 is 9.18 Å². The largest absolute Gasteiger partial charge is 0.361 e. The van der Waals surface area contributed by atoms with Crippen LogP contribution in [0.1, 0.15) is 43.7 Å². The smallest absolute Gasteiger partial charge is 0.244 e. The molecule has 4 nitrogen and oxygen atoms in total. The van der Waals surface area contributed by atoms with Gasteiger partial charge in [0.1, 0.15) is 5.82 Å². The van der Waals surface area contributed by atoms with Gasteiger partial charge in [-0.05, 0) is 82.4 Å². The maximum atomic E-state index is 13.9. The van der Waals surface area contributed by atoms with Gasteiger partial charge in [0.25, 0.3) is 0 Å². The molecular formula is C27H33ClFN3O. The fourth-order valence-corrected chi connectivity index (χ4v) is 5.05. The van der Waals surface area contributed by atoms with E-state index in [1.165, 1.54) is 17.0 Å². The van der Waals surface area contributed by atoms with Crippen LogP contribution in [0.15, 0.2) is 66.4 Å². The molecule has 0 spiro atoms. The molecule has 2 aromatic carbocycles. The van der Waals surface area contributed by atoms with Crippen molar-refractivity contribution in [3.05, 3.63) is 83.3 Å². The number of amides is 1. The summed E-state index contributed by atoms with van der Waals surface area (Å²) in [7, 11) is 4.11. The predicted octanol–water partition coefficient (Wildman–Crippen LogP) is 5.73. The lowest BCUT2D eigenvalue weighted by Gasteiger charge is -2.44. The number of H-pyrrole nitrogens is 1. The van der Waals surface area contributed by atoms with Crippen LogP contribution in [0.4, 0.5) is 4.39 Å². The Morgan fingerprint density at radius 1 is 1.18 bits per heavy atom. The molecule has 1 aliphatic rings. The summed E-state index contributed by atoms with van der Waals surface area (Å²) in [4.78, 5) is 18.2. The number of benzene rings is 2. The molecule has 3 aromatic rings. The zero-order chi connectivity index (χ0) is 22.7. The number of rotatable bonds is 6. The number of hydrogen-bond donors (Lipinski definition) is 2. The predicted molar refractivity (Wildman–Crippen MR) is 135 cm³/mol. The highest BCUT2D eigenvalue weighted by molar-refractivity contribution is 5.88. The molecule has 1 aromatic heterocycles. The van der Waals surface area contributed by atoms with Crippen LogP contribution in [-0.4, -0.2) is 35.9 Å². The van der Waals surface area contributed by atoms with Crippen LogP contribution in [0.5, 0.6) is 0 Å². The SMILES string of the molecule is CC(Cc1c[nH]c2ccccc12)NC(=O)C=C1CCC(c2cccc(F)c2)(N(C)C)CC1.Cl. The Balaban J connectivity index is 0.00000306. The van der Waals surface area contributed by atoms with Crippen molar-refractivity contribution in [1.82, 2.24) is 15.2 Å². The normalized spacial score (nSPS) is 19.2. The molecule has 0 radical (unpaired) electrons. The summed E-state index contributed by atoms with van der Waals surface area (Å²) in [5, 5.41) is 4.33. The molecule has 1 fully saturated rings. The van der Waals surface area contributed by atoms with E-state index in [0.29, 0.717) is 0 Å². The Bertz CT molecular complexity index is 1130. The number of carbonyl (C=O) groups excluding carboxylic acids is 1. The van der Waals surface area contributed by atoms with Gasteiger partial charge in [0.05, 0.1) is 0 Å². The molecule has 1 heterocycles. The van der Waals surface area contributed by atoms with Crippen molar-refractivity contribution in [2.45, 2.75) is 50.6 Å². The van der Waals surface area contributed by atoms with Gasteiger partial charge in [-0.2, -0.15) is 0 Å². The first-order valence-electron chi connectivity index (χ1n) is 11.4. The number of carbonyl (C=O) groups is 1. The van der Waals surface area contributed by atoms with Crippen LogP contribution in [-0.2, 0) is 16.8 Å². The average Bonchev–Trinajstić information content (AvgIpc) is 3.17. The van der Waals surface area contributed by atoms with Crippen molar-refractivity contribution in [3.8, 4) is 0 Å². The molecule has 6 heteroatoms. The minimum absolute atomic E-state index is 0. The maximum Gasteiger partial charge on any atom is 0.244 e. The number of halogens is 2. The molecule has 1 unspecified atom stereocenters. The highest BCUT2D eigenvalue weighted by Crippen LogP contribution is 2.43. The molecule has 0 aliphatic heterocycles. The summed E-state index contributed by atoms with van der Waals surface area (Å²) in [6, 6.07) is 15.2. The van der Waals surface area contributed by atoms with Crippen LogP contribution >= 0.6 is 12.4 Å². The van der Waals surface area contributed by atoms with Crippen LogP contribution in [0.2, 0.25) is 0 Å². The summed E-state index contributed by atoms with van der Waals surface area (Å²) >= 11 is 0. The first-order valence-corrected chi connectivity index (χ1v) is 11.4. The van der Waals surface area contributed by atoms with E-state index in [9.17, 15) is 9.18 Å². The maximum absolute atomic E-state index is 13.9. The molecule has 33 heavy (non-hydrogen) atoms. The second kappa shape index (κ2) is 10.5. The van der Waals surface area contributed by atoms with E-state index in [2.05, 4.69) is 41.4 Å². The zero-order valence-electron chi connectivity index (χ0n) is 19.5. The zero-order valence-corrected chi connectivity index (χ0v) is 20.3. The molecule has 0 bridgehead atoms. The van der Waals surface area contributed by atoms with E-state index in [0.717, 1.165) is 48.8 Å². The van der Waals surface area contributed by atoms with Gasteiger partial charge >= 0.3 is 0 Å². The van der Waals surface area contributed by atoms with Gasteiger partial charge < -0.3 is 10.3 Å². The van der Waals surface area contributed by atoms with Crippen LogP contribution in [0.25, 0.3) is 10.9 Å². The Hall–Kier alpha value is -2.63. The highest BCUT2D eigenvalue weighted by atomic mass is 35.5. The van der Waals surface area contributed by atoms with E-state index in [1.54, 1.807) is 18.2 Å². The summed E-state index contributed by atoms with van der Waals surface area (Å²) in [6.07, 6.45) is 7.98. The van der Waals surface area contributed by atoms with Crippen molar-refractivity contribution in [2.75, 3.05) is 14.1 Å². The average molecular weight is 470 g/mol. The molecule has 2 N–H and O–H groups in total. The monoisotopic (exact) mass is 469 g/mol. The Morgan fingerprint density at radius 2 is 1.91 bits per heavy atom. The lowest BCUT2D eigenvalue weighted by molar-refractivity contribution is -0.117. The van der Waals surface area contributed by atoms with E-state index in [1.807, 2.05) is 31.3 Å². The van der Waals surface area contributed by atoms with Crippen LogP contribution in [0.3, 0.4) is 0 Å². The standard InChI is InChI=1S/C27H32FN3O.ClH/c1-19(15-21-18-29-25-10-5-4-9-24(21)25)30-26(32)16-20-11-13-27(14-12-20,31(2)3)22-7-6-8-23(28)17-22;/h4-10,16-19,29H,11-15H2,1-3H3,(H,30,32);1H. The van der Waals surface area contributed by atoms with Crippen LogP contribution in [0, 0.1) is 5.82 Å². The summed E-state index contributed by atoms with van der Waals surface area (Å²) in [6.45, 7) is 2.04. The van der Waals surface area contributed by atoms with Crippen LogP contribution < -0.4 is 5.32 Å². The molecule has 1 amide bonds. The molecule has 0 saturated heterocycles. The molecule has 4 rings (SSSR count). The van der Waals surface area contributed by atoms with E-state index in [-0.39, 0.29) is 35.7 Å². The fraction of sp³-hybridized carbons (Fsp3) is 0.370. The van der Waals surface area contributed by atoms with Gasteiger partial charge in [-0.25, -0.2) is 4.39 Å². The second-order valence-electron chi connectivity index (χ2n) is 9.21. The van der Waals surface area contributed by atoms with Crippen molar-refractivity contribution in [3.63, 3.8) is 0 Å². The third-order valence-corrected chi connectivity index (χ3v) is 6.86. The van der Waals surface area contributed by atoms with E-state index < -0.39 is 0 Å². The first kappa shape index (κ1) is 25.0. The first-order chi connectivity index (χ1) is 15.4. The fourth-order valence-electron chi connectivity index (χ4n) is 5.05. The summed E-state index contributed by atoms with van der Waals surface area (Å²) in [5.41, 5.74) is 4.31. The van der Waals surface area contributed by atoms with Crippen molar-refractivity contribution in [2.24, 2.45) is 0 Å². The quantitative estimate of drug-likeness (QED) is 0.452. The summed E-state index contributed by atoms with van der Waals surface area (Å²) < 4.78 is 13.9. The number of aromatic amines is 1. The lowest BCUT2D eigenvalue weighted by Crippen LogP contribution is -2.43. The molecular weight excluding hydrogens is 437 g/mol. The number of para-hydroxylation sites is 1. The third-order valence-electron chi connectivity index (χ3n) is 6.86. The topological polar surface area (TPSA) is 48.1 Å². The number of nitrogens with zero attached hydrogens (tertiary/aromatic N) is 1. The lowest BCUT2D eigenvalue weighted by atomic mass is 9.74. The van der Waals surface area contributed by atoms with Gasteiger partial charge in [-0.3, -0.25) is 9.69 Å². The van der Waals surface area contributed by atoms with Gasteiger partial charge in [0.2, 0.25) is 5.91 Å². The number of aromatic nitrogens is 1. The number of hydrogen-bond acceptors (Lipinski definition) is 2. The Labute approximate surface area is 201 Å². The van der Waals surface area contributed by atoms with Gasteiger partial charge in [0, 0.05) is 34.8 Å².